The summed E-state index contributed by atoms with van der Waals surface area (Å²) < 4.78 is 11.6. The Balaban J connectivity index is 1.66. The van der Waals surface area contributed by atoms with Crippen LogP contribution in [0.15, 0.2) is 33.8 Å². The summed E-state index contributed by atoms with van der Waals surface area (Å²) in [5.74, 6) is 2.31. The summed E-state index contributed by atoms with van der Waals surface area (Å²) in [6.45, 7) is 3.41. The molecule has 1 aromatic carbocycles. The van der Waals surface area contributed by atoms with Crippen LogP contribution in [0, 0.1) is 0 Å². The number of nitrogens with zero attached hydrogens (tertiary/aromatic N) is 2. The molecule has 1 aromatic rings. The average molecular weight is 284 g/mol. The first-order valence-electron chi connectivity index (χ1n) is 7.58. The van der Waals surface area contributed by atoms with Gasteiger partial charge in [0.1, 0.15) is 18.2 Å². The number of hydrogen-bond donors (Lipinski definition) is 0. The van der Waals surface area contributed by atoms with Gasteiger partial charge in [0.25, 0.3) is 0 Å². The summed E-state index contributed by atoms with van der Waals surface area (Å²) in [5.41, 5.74) is 1.97. The zero-order chi connectivity index (χ0) is 14.5. The predicted octanol–water partition coefficient (Wildman–Crippen LogP) is 3.86. The summed E-state index contributed by atoms with van der Waals surface area (Å²) >= 11 is 0. The molecule has 0 spiro atoms. The van der Waals surface area contributed by atoms with Gasteiger partial charge in [0.05, 0.1) is 12.2 Å². The standard InChI is InChI=1S/C17H20N2O2/c1-2-3-4-5-8-20-15-7-6-13-9-14-11-18-12-19-17(14)21-16(13)10-15/h6-7,9-11H,2-5,8,12H2,1H3. The molecule has 0 aromatic heterocycles. The fraction of sp³-hybridized carbons (Fsp3) is 0.412. The lowest BCUT2D eigenvalue weighted by atomic mass is 10.1. The third-order valence-electron chi connectivity index (χ3n) is 3.54. The first kappa shape index (κ1) is 13.9. The van der Waals surface area contributed by atoms with E-state index in [0.29, 0.717) is 12.6 Å². The smallest absolute Gasteiger partial charge is 0.225 e. The monoisotopic (exact) mass is 284 g/mol. The Kier molecular flexibility index (Phi) is 4.34. The largest absolute Gasteiger partial charge is 0.493 e. The van der Waals surface area contributed by atoms with Gasteiger partial charge in [-0.25, -0.2) is 4.99 Å². The van der Waals surface area contributed by atoms with Crippen LogP contribution in [0.4, 0.5) is 0 Å². The van der Waals surface area contributed by atoms with Crippen molar-refractivity contribution in [1.29, 1.82) is 0 Å². The second-order valence-electron chi connectivity index (χ2n) is 5.23. The van der Waals surface area contributed by atoms with Gasteiger partial charge in [-0.15, -0.1) is 0 Å². The van der Waals surface area contributed by atoms with Crippen molar-refractivity contribution in [2.45, 2.75) is 32.6 Å². The van der Waals surface area contributed by atoms with Gasteiger partial charge in [-0.2, -0.15) is 0 Å². The van der Waals surface area contributed by atoms with Gasteiger partial charge >= 0.3 is 0 Å². The summed E-state index contributed by atoms with van der Waals surface area (Å²) in [7, 11) is 0. The van der Waals surface area contributed by atoms with Crippen LogP contribution in [0.3, 0.4) is 0 Å². The second-order valence-corrected chi connectivity index (χ2v) is 5.23. The molecular weight excluding hydrogens is 264 g/mol. The Bertz CT molecular complexity index is 603. The maximum atomic E-state index is 5.83. The van der Waals surface area contributed by atoms with Crippen molar-refractivity contribution in [3.05, 3.63) is 29.3 Å². The fourth-order valence-electron chi connectivity index (χ4n) is 2.38. The molecular formula is C17H20N2O2. The van der Waals surface area contributed by atoms with Gasteiger partial charge in [0.15, 0.2) is 0 Å². The highest BCUT2D eigenvalue weighted by atomic mass is 16.5. The van der Waals surface area contributed by atoms with Crippen molar-refractivity contribution in [2.75, 3.05) is 13.3 Å². The molecule has 2 heterocycles. The number of unbranched alkanes of at least 4 members (excludes halogenated alkanes) is 3. The molecule has 0 fully saturated rings. The van der Waals surface area contributed by atoms with Crippen LogP contribution in [0.25, 0.3) is 6.08 Å². The number of benzene rings is 1. The van der Waals surface area contributed by atoms with Gasteiger partial charge in [-0.1, -0.05) is 26.2 Å². The first-order chi connectivity index (χ1) is 10.4. The lowest BCUT2D eigenvalue weighted by molar-refractivity contribution is 0.304. The van der Waals surface area contributed by atoms with Crippen molar-refractivity contribution < 1.29 is 9.47 Å². The van der Waals surface area contributed by atoms with E-state index >= 15 is 0 Å². The van der Waals surface area contributed by atoms with Crippen LogP contribution in [0.5, 0.6) is 11.5 Å². The minimum Gasteiger partial charge on any atom is -0.493 e. The number of rotatable bonds is 6. The topological polar surface area (TPSA) is 43.2 Å². The molecule has 0 radical (unpaired) electrons. The Labute approximate surface area is 125 Å². The SMILES string of the molecule is CCCCCCOc1ccc2c(c1)OC1=NCN=CC1=C2. The fourth-order valence-corrected chi connectivity index (χ4v) is 2.38. The van der Waals surface area contributed by atoms with Crippen LogP contribution in [-0.2, 0) is 0 Å². The lowest BCUT2D eigenvalue weighted by Crippen LogP contribution is -2.20. The van der Waals surface area contributed by atoms with E-state index in [0.717, 1.165) is 35.7 Å². The predicted molar refractivity (Wildman–Crippen MR) is 85.5 cm³/mol. The molecule has 0 saturated carbocycles. The highest BCUT2D eigenvalue weighted by Gasteiger charge is 2.19. The Hall–Kier alpha value is -2.10. The molecule has 21 heavy (non-hydrogen) atoms. The second kappa shape index (κ2) is 6.57. The van der Waals surface area contributed by atoms with Gasteiger partial charge in [-0.05, 0) is 24.6 Å². The van der Waals surface area contributed by atoms with Crippen LogP contribution in [0.1, 0.15) is 38.2 Å². The summed E-state index contributed by atoms with van der Waals surface area (Å²) in [6.07, 6.45) is 8.69. The average Bonchev–Trinajstić information content (AvgIpc) is 2.52. The zero-order valence-electron chi connectivity index (χ0n) is 12.3. The molecule has 4 nitrogen and oxygen atoms in total. The molecule has 2 aliphatic rings. The van der Waals surface area contributed by atoms with Gasteiger partial charge in [0, 0.05) is 17.8 Å². The van der Waals surface area contributed by atoms with E-state index < -0.39 is 0 Å². The van der Waals surface area contributed by atoms with Crippen LogP contribution in [-0.4, -0.2) is 25.4 Å². The lowest BCUT2D eigenvalue weighted by Gasteiger charge is -2.19. The highest BCUT2D eigenvalue weighted by Crippen LogP contribution is 2.31. The van der Waals surface area contributed by atoms with E-state index in [2.05, 4.69) is 16.9 Å². The Morgan fingerprint density at radius 3 is 3.10 bits per heavy atom. The number of ether oxygens (including phenoxy) is 2. The quantitative estimate of drug-likeness (QED) is 0.744. The van der Waals surface area contributed by atoms with Gasteiger partial charge in [0.2, 0.25) is 5.90 Å². The molecule has 0 N–H and O–H groups in total. The third-order valence-corrected chi connectivity index (χ3v) is 3.54. The number of fused-ring (bicyclic) bond motifs is 2. The Morgan fingerprint density at radius 1 is 1.24 bits per heavy atom. The van der Waals surface area contributed by atoms with E-state index in [1.807, 2.05) is 30.5 Å². The van der Waals surface area contributed by atoms with E-state index in [9.17, 15) is 0 Å². The van der Waals surface area contributed by atoms with E-state index in [4.69, 9.17) is 9.47 Å². The normalized spacial score (nSPS) is 15.5. The minimum atomic E-state index is 0.440. The molecule has 3 rings (SSSR count). The molecule has 0 saturated heterocycles. The van der Waals surface area contributed by atoms with Crippen LogP contribution in [0.2, 0.25) is 0 Å². The van der Waals surface area contributed by atoms with Crippen molar-refractivity contribution in [3.63, 3.8) is 0 Å². The molecule has 4 heteroatoms. The van der Waals surface area contributed by atoms with Crippen LogP contribution >= 0.6 is 0 Å². The Morgan fingerprint density at radius 2 is 2.19 bits per heavy atom. The third kappa shape index (κ3) is 3.32. The summed E-state index contributed by atoms with van der Waals surface area (Å²) in [6, 6.07) is 5.95. The molecule has 0 atom stereocenters. The van der Waals surface area contributed by atoms with E-state index in [1.54, 1.807) is 0 Å². The van der Waals surface area contributed by atoms with Crippen molar-refractivity contribution >= 4 is 18.2 Å². The minimum absolute atomic E-state index is 0.440. The van der Waals surface area contributed by atoms with Gasteiger partial charge < -0.3 is 9.47 Å². The molecule has 0 unspecified atom stereocenters. The highest BCUT2D eigenvalue weighted by molar-refractivity contribution is 6.19. The molecule has 0 amide bonds. The zero-order valence-corrected chi connectivity index (χ0v) is 12.3. The first-order valence-corrected chi connectivity index (χ1v) is 7.58. The van der Waals surface area contributed by atoms with Gasteiger partial charge in [-0.3, -0.25) is 4.99 Å². The molecule has 0 bridgehead atoms. The summed E-state index contributed by atoms with van der Waals surface area (Å²) in [4.78, 5) is 8.39. The van der Waals surface area contributed by atoms with Crippen molar-refractivity contribution in [1.82, 2.24) is 0 Å². The maximum Gasteiger partial charge on any atom is 0.225 e. The molecule has 0 aliphatic carbocycles. The van der Waals surface area contributed by atoms with E-state index in [-0.39, 0.29) is 0 Å². The number of aliphatic imine (C=N–C) groups is 2. The summed E-state index contributed by atoms with van der Waals surface area (Å²) in [5, 5.41) is 0. The van der Waals surface area contributed by atoms with Crippen LogP contribution < -0.4 is 9.47 Å². The molecule has 2 aliphatic heterocycles. The molecule has 110 valence electrons. The van der Waals surface area contributed by atoms with Crippen molar-refractivity contribution in [2.24, 2.45) is 9.98 Å². The number of hydrogen-bond acceptors (Lipinski definition) is 4. The van der Waals surface area contributed by atoms with E-state index in [1.165, 1.54) is 19.3 Å². The maximum absolute atomic E-state index is 5.83. The van der Waals surface area contributed by atoms with Crippen molar-refractivity contribution in [3.8, 4) is 11.5 Å².